The van der Waals surface area contributed by atoms with E-state index in [1.165, 1.54) is 12.1 Å². The maximum Gasteiger partial charge on any atom is 0.303 e. The topological polar surface area (TPSA) is 70.4 Å². The average Bonchev–Trinajstić information content (AvgIpc) is 2.27. The predicted octanol–water partition coefficient (Wildman–Crippen LogP) is 1.68. The Labute approximate surface area is 92.8 Å². The number of hydrogen-bond acceptors (Lipinski definition) is 3. The lowest BCUT2D eigenvalue weighted by molar-refractivity contribution is -0.138. The molecule has 1 rings (SSSR count). The number of rotatable bonds is 5. The Morgan fingerprint density at radius 2 is 2.25 bits per heavy atom. The van der Waals surface area contributed by atoms with Gasteiger partial charge in [0, 0.05) is 6.42 Å². The Morgan fingerprint density at radius 3 is 2.69 bits per heavy atom. The first-order valence-electron chi connectivity index (χ1n) is 5.04. The molecule has 1 unspecified atom stereocenters. The summed E-state index contributed by atoms with van der Waals surface area (Å²) in [6.45, 7) is 1.73. The first-order chi connectivity index (χ1) is 7.48. The van der Waals surface area contributed by atoms with E-state index in [2.05, 4.69) is 4.98 Å². The van der Waals surface area contributed by atoms with Crippen molar-refractivity contribution in [3.63, 3.8) is 0 Å². The second kappa shape index (κ2) is 5.03. The van der Waals surface area contributed by atoms with Crippen LogP contribution in [0.25, 0.3) is 0 Å². The molecule has 0 radical (unpaired) electrons. The lowest BCUT2D eigenvalue weighted by atomic mass is 9.90. The summed E-state index contributed by atoms with van der Waals surface area (Å²) in [5.41, 5.74) is -0.996. The summed E-state index contributed by atoms with van der Waals surface area (Å²) >= 11 is 0. The third kappa shape index (κ3) is 3.00. The van der Waals surface area contributed by atoms with E-state index in [-0.39, 0.29) is 12.8 Å². The van der Waals surface area contributed by atoms with Crippen LogP contribution in [-0.4, -0.2) is 21.2 Å². The highest BCUT2D eigenvalue weighted by molar-refractivity contribution is 5.66. The number of carboxylic acid groups (broad SMARTS) is 1. The van der Waals surface area contributed by atoms with E-state index in [9.17, 15) is 14.3 Å². The SMILES string of the molecule is CCC(O)(CCC(=O)O)c1ccc(F)cn1. The standard InChI is InChI=1S/C11H14FNO3/c1-2-11(16,6-5-10(14)15)9-4-3-8(12)7-13-9/h3-4,7,16H,2,5-6H2,1H3,(H,14,15). The van der Waals surface area contributed by atoms with Gasteiger partial charge in [-0.1, -0.05) is 6.92 Å². The molecule has 1 aromatic rings. The van der Waals surface area contributed by atoms with E-state index in [1.54, 1.807) is 6.92 Å². The second-order valence-corrected chi connectivity index (χ2v) is 3.64. The van der Waals surface area contributed by atoms with Gasteiger partial charge in [0.1, 0.15) is 11.4 Å². The van der Waals surface area contributed by atoms with Crippen LogP contribution < -0.4 is 0 Å². The molecule has 88 valence electrons. The molecule has 0 aromatic carbocycles. The molecule has 16 heavy (non-hydrogen) atoms. The molecule has 0 aliphatic carbocycles. The number of aliphatic hydroxyl groups is 1. The van der Waals surface area contributed by atoms with Crippen molar-refractivity contribution in [2.45, 2.75) is 31.8 Å². The van der Waals surface area contributed by atoms with Gasteiger partial charge in [0.15, 0.2) is 0 Å². The maximum absolute atomic E-state index is 12.7. The third-order valence-corrected chi connectivity index (χ3v) is 2.54. The zero-order valence-electron chi connectivity index (χ0n) is 8.98. The Bertz CT molecular complexity index is 366. The smallest absolute Gasteiger partial charge is 0.303 e. The molecular weight excluding hydrogens is 213 g/mol. The van der Waals surface area contributed by atoms with Gasteiger partial charge in [0.05, 0.1) is 11.9 Å². The minimum atomic E-state index is -1.30. The molecule has 4 nitrogen and oxygen atoms in total. The van der Waals surface area contributed by atoms with Crippen LogP contribution in [0.15, 0.2) is 18.3 Å². The summed E-state index contributed by atoms with van der Waals surface area (Å²) < 4.78 is 12.7. The Balaban J connectivity index is 2.86. The molecule has 1 aromatic heterocycles. The highest BCUT2D eigenvalue weighted by atomic mass is 19.1. The van der Waals surface area contributed by atoms with Crippen molar-refractivity contribution in [2.24, 2.45) is 0 Å². The summed E-state index contributed by atoms with van der Waals surface area (Å²) in [5.74, 6) is -1.46. The quantitative estimate of drug-likeness (QED) is 0.802. The summed E-state index contributed by atoms with van der Waals surface area (Å²) in [7, 11) is 0. The fourth-order valence-corrected chi connectivity index (χ4v) is 1.45. The molecule has 0 aliphatic heterocycles. The van der Waals surface area contributed by atoms with Crippen LogP contribution in [0, 0.1) is 5.82 Å². The molecular formula is C11H14FNO3. The molecule has 0 bridgehead atoms. The van der Waals surface area contributed by atoms with Gasteiger partial charge in [-0.3, -0.25) is 9.78 Å². The van der Waals surface area contributed by atoms with Crippen LogP contribution in [0.1, 0.15) is 31.9 Å². The first-order valence-corrected chi connectivity index (χ1v) is 5.04. The normalized spacial score (nSPS) is 14.4. The van der Waals surface area contributed by atoms with Crippen LogP contribution in [0.3, 0.4) is 0 Å². The van der Waals surface area contributed by atoms with Gasteiger partial charge in [0.2, 0.25) is 0 Å². The number of aliphatic carboxylic acids is 1. The Hall–Kier alpha value is -1.49. The zero-order valence-corrected chi connectivity index (χ0v) is 8.98. The van der Waals surface area contributed by atoms with Crippen LogP contribution in [-0.2, 0) is 10.4 Å². The number of hydrogen-bond donors (Lipinski definition) is 2. The van der Waals surface area contributed by atoms with Crippen molar-refractivity contribution < 1.29 is 19.4 Å². The molecule has 0 saturated carbocycles. The molecule has 1 heterocycles. The van der Waals surface area contributed by atoms with Crippen molar-refractivity contribution in [3.8, 4) is 0 Å². The van der Waals surface area contributed by atoms with Gasteiger partial charge in [0.25, 0.3) is 0 Å². The van der Waals surface area contributed by atoms with Crippen LogP contribution >= 0.6 is 0 Å². The lowest BCUT2D eigenvalue weighted by Gasteiger charge is -2.25. The zero-order chi connectivity index (χ0) is 12.2. The van der Waals surface area contributed by atoms with Gasteiger partial charge in [-0.15, -0.1) is 0 Å². The summed E-state index contributed by atoms with van der Waals surface area (Å²) in [4.78, 5) is 14.2. The third-order valence-electron chi connectivity index (χ3n) is 2.54. The molecule has 0 amide bonds. The van der Waals surface area contributed by atoms with Crippen molar-refractivity contribution in [3.05, 3.63) is 29.8 Å². The number of nitrogens with zero attached hydrogens (tertiary/aromatic N) is 1. The summed E-state index contributed by atoms with van der Waals surface area (Å²) in [5, 5.41) is 18.8. The second-order valence-electron chi connectivity index (χ2n) is 3.64. The predicted molar refractivity (Wildman–Crippen MR) is 55.3 cm³/mol. The van der Waals surface area contributed by atoms with Crippen LogP contribution in [0.2, 0.25) is 0 Å². The van der Waals surface area contributed by atoms with Crippen molar-refractivity contribution >= 4 is 5.97 Å². The van der Waals surface area contributed by atoms with E-state index in [0.29, 0.717) is 12.1 Å². The molecule has 0 aliphatic rings. The van der Waals surface area contributed by atoms with Gasteiger partial charge in [-0.05, 0) is 25.0 Å². The van der Waals surface area contributed by atoms with Crippen molar-refractivity contribution in [1.82, 2.24) is 4.98 Å². The van der Waals surface area contributed by atoms with Crippen molar-refractivity contribution in [1.29, 1.82) is 0 Å². The highest BCUT2D eigenvalue weighted by Gasteiger charge is 2.29. The highest BCUT2D eigenvalue weighted by Crippen LogP contribution is 2.28. The van der Waals surface area contributed by atoms with Crippen molar-refractivity contribution in [2.75, 3.05) is 0 Å². The van der Waals surface area contributed by atoms with E-state index in [1.807, 2.05) is 0 Å². The van der Waals surface area contributed by atoms with E-state index in [0.717, 1.165) is 6.20 Å². The van der Waals surface area contributed by atoms with Crippen LogP contribution in [0.4, 0.5) is 4.39 Å². The minimum absolute atomic E-state index is 0.0669. The molecule has 0 fully saturated rings. The maximum atomic E-state index is 12.7. The number of halogens is 1. The largest absolute Gasteiger partial charge is 0.481 e. The number of carboxylic acids is 1. The summed E-state index contributed by atoms with van der Waals surface area (Å²) in [6, 6.07) is 2.57. The van der Waals surface area contributed by atoms with E-state index < -0.39 is 17.4 Å². The Morgan fingerprint density at radius 1 is 1.56 bits per heavy atom. The fraction of sp³-hybridized carbons (Fsp3) is 0.455. The van der Waals surface area contributed by atoms with Crippen LogP contribution in [0.5, 0.6) is 0 Å². The van der Waals surface area contributed by atoms with Gasteiger partial charge in [-0.2, -0.15) is 0 Å². The lowest BCUT2D eigenvalue weighted by Crippen LogP contribution is -2.27. The number of carbonyl (C=O) groups is 1. The molecule has 5 heteroatoms. The van der Waals surface area contributed by atoms with E-state index in [4.69, 9.17) is 5.11 Å². The summed E-state index contributed by atoms with van der Waals surface area (Å²) in [6.07, 6.45) is 1.26. The van der Waals surface area contributed by atoms with Gasteiger partial charge >= 0.3 is 5.97 Å². The monoisotopic (exact) mass is 227 g/mol. The molecule has 2 N–H and O–H groups in total. The molecule has 0 spiro atoms. The molecule has 1 atom stereocenters. The van der Waals surface area contributed by atoms with Gasteiger partial charge < -0.3 is 10.2 Å². The number of pyridine rings is 1. The number of aromatic nitrogens is 1. The average molecular weight is 227 g/mol. The molecule has 0 saturated heterocycles. The van der Waals surface area contributed by atoms with E-state index >= 15 is 0 Å². The van der Waals surface area contributed by atoms with Gasteiger partial charge in [-0.25, -0.2) is 4.39 Å². The first kappa shape index (κ1) is 12.6. The minimum Gasteiger partial charge on any atom is -0.481 e. The Kier molecular flexibility index (Phi) is 3.95. The fourth-order valence-electron chi connectivity index (χ4n) is 1.45.